The molecule has 29 heavy (non-hydrogen) atoms. The zero-order valence-corrected chi connectivity index (χ0v) is 17.7. The predicted octanol–water partition coefficient (Wildman–Crippen LogP) is 4.72. The van der Waals surface area contributed by atoms with Crippen LogP contribution in [0, 0.1) is 0 Å². The molecule has 8 heteroatoms. The minimum atomic E-state index is -0.288. The number of rotatable bonds is 8. The topological polar surface area (TPSA) is 71.3 Å². The van der Waals surface area contributed by atoms with E-state index in [0.717, 1.165) is 11.1 Å². The van der Waals surface area contributed by atoms with Crippen LogP contribution in [0.5, 0.6) is 0 Å². The molecule has 0 radical (unpaired) electrons. The zero-order chi connectivity index (χ0) is 20.8. The summed E-state index contributed by atoms with van der Waals surface area (Å²) in [5.74, 6) is 0.190. The maximum absolute atomic E-state index is 12.3. The van der Waals surface area contributed by atoms with Crippen molar-refractivity contribution in [2.75, 3.05) is 0 Å². The lowest BCUT2D eigenvalue weighted by atomic mass is 10.2. The van der Waals surface area contributed by atoms with Crippen LogP contribution in [0.15, 0.2) is 53.4 Å². The van der Waals surface area contributed by atoms with Crippen LogP contribution < -0.4 is 5.32 Å². The lowest BCUT2D eigenvalue weighted by Crippen LogP contribution is -2.30. The Morgan fingerprint density at radius 3 is 2.69 bits per heavy atom. The first-order valence-electron chi connectivity index (χ1n) is 9.22. The Balaban J connectivity index is 1.61. The number of amides is 1. The molecule has 0 unspecified atom stereocenters. The van der Waals surface area contributed by atoms with Gasteiger partial charge in [-0.3, -0.25) is 14.7 Å². The number of nitrogens with zero attached hydrogens (tertiary/aromatic N) is 3. The van der Waals surface area contributed by atoms with Crippen LogP contribution in [-0.2, 0) is 19.6 Å². The summed E-state index contributed by atoms with van der Waals surface area (Å²) in [6.45, 7) is 5.67. The molecule has 3 rings (SSSR count). The summed E-state index contributed by atoms with van der Waals surface area (Å²) in [6, 6.07) is 9.53. The molecule has 3 aromatic rings. The molecular formula is C21H22Cl2N4O2. The molecule has 152 valence electrons. The molecule has 0 aliphatic heterocycles. The average molecular weight is 433 g/mol. The summed E-state index contributed by atoms with van der Waals surface area (Å²) < 4.78 is 5.53. The Bertz CT molecular complexity index is 960. The average Bonchev–Trinajstić information content (AvgIpc) is 3.18. The minimum absolute atomic E-state index is 0.235. The fourth-order valence-corrected chi connectivity index (χ4v) is 3.05. The van der Waals surface area contributed by atoms with E-state index in [4.69, 9.17) is 27.6 Å². The number of benzene rings is 1. The predicted molar refractivity (Wildman–Crippen MR) is 113 cm³/mol. The van der Waals surface area contributed by atoms with Gasteiger partial charge in [-0.05, 0) is 43.2 Å². The molecule has 0 atom stereocenters. The highest BCUT2D eigenvalue weighted by Crippen LogP contribution is 2.24. The molecule has 0 fully saturated rings. The second kappa shape index (κ2) is 9.87. The molecule has 1 N–H and O–H groups in total. The number of halogens is 2. The normalized spacial score (nSPS) is 11.2. The van der Waals surface area contributed by atoms with Crippen molar-refractivity contribution in [2.24, 2.45) is 0 Å². The van der Waals surface area contributed by atoms with E-state index in [1.165, 1.54) is 6.26 Å². The first-order chi connectivity index (χ1) is 13.9. The van der Waals surface area contributed by atoms with Gasteiger partial charge in [-0.1, -0.05) is 35.3 Å². The Kier molecular flexibility index (Phi) is 7.25. The van der Waals surface area contributed by atoms with Crippen LogP contribution in [0.1, 0.15) is 41.4 Å². The summed E-state index contributed by atoms with van der Waals surface area (Å²) >= 11 is 12.1. The SMILES string of the molecule is CC(C)N(Cc1ccc(Cl)c(Cl)c1)Cc1nc(C(=O)NCc2cccnc2)co1. The third-order valence-corrected chi connectivity index (χ3v) is 5.14. The number of aromatic nitrogens is 2. The number of hydrogen-bond acceptors (Lipinski definition) is 5. The summed E-state index contributed by atoms with van der Waals surface area (Å²) in [4.78, 5) is 22.8. The van der Waals surface area contributed by atoms with Crippen LogP contribution in [-0.4, -0.2) is 26.8 Å². The summed E-state index contributed by atoms with van der Waals surface area (Å²) in [5, 5.41) is 3.87. The van der Waals surface area contributed by atoms with Crippen molar-refractivity contribution < 1.29 is 9.21 Å². The molecule has 0 saturated heterocycles. The fourth-order valence-electron chi connectivity index (χ4n) is 2.73. The summed E-state index contributed by atoms with van der Waals surface area (Å²) in [5.41, 5.74) is 2.20. The van der Waals surface area contributed by atoms with Gasteiger partial charge in [0.1, 0.15) is 6.26 Å². The molecule has 0 saturated carbocycles. The smallest absolute Gasteiger partial charge is 0.273 e. The van der Waals surface area contributed by atoms with Gasteiger partial charge in [-0.15, -0.1) is 0 Å². The Hall–Kier alpha value is -2.41. The van der Waals surface area contributed by atoms with Gasteiger partial charge >= 0.3 is 0 Å². The van der Waals surface area contributed by atoms with Crippen LogP contribution in [0.2, 0.25) is 10.0 Å². The maximum atomic E-state index is 12.3. The standard InChI is InChI=1S/C21H22Cl2N4O2/c1-14(2)27(11-15-5-6-17(22)18(23)8-15)12-20-26-19(13-29-20)21(28)25-10-16-4-3-7-24-9-16/h3-9,13-14H,10-12H2,1-2H3,(H,25,28). The van der Waals surface area contributed by atoms with Crippen molar-refractivity contribution in [3.05, 3.63) is 81.7 Å². The van der Waals surface area contributed by atoms with Crippen LogP contribution >= 0.6 is 23.2 Å². The highest BCUT2D eigenvalue weighted by atomic mass is 35.5. The Labute approximate surface area is 179 Å². The highest BCUT2D eigenvalue weighted by molar-refractivity contribution is 6.42. The molecule has 0 spiro atoms. The Morgan fingerprint density at radius 2 is 2.00 bits per heavy atom. The number of oxazole rings is 1. The third-order valence-electron chi connectivity index (χ3n) is 4.40. The molecule has 0 aliphatic rings. The van der Waals surface area contributed by atoms with Gasteiger partial charge in [0.05, 0.1) is 16.6 Å². The second-order valence-electron chi connectivity index (χ2n) is 6.92. The van der Waals surface area contributed by atoms with Crippen molar-refractivity contribution in [3.8, 4) is 0 Å². The van der Waals surface area contributed by atoms with Gasteiger partial charge in [0, 0.05) is 31.5 Å². The van der Waals surface area contributed by atoms with Gasteiger partial charge in [-0.25, -0.2) is 4.98 Å². The van der Waals surface area contributed by atoms with E-state index >= 15 is 0 Å². The minimum Gasteiger partial charge on any atom is -0.447 e. The lowest BCUT2D eigenvalue weighted by Gasteiger charge is -2.25. The number of carbonyl (C=O) groups is 1. The van der Waals surface area contributed by atoms with E-state index < -0.39 is 0 Å². The van der Waals surface area contributed by atoms with E-state index in [2.05, 4.69) is 34.0 Å². The summed E-state index contributed by atoms with van der Waals surface area (Å²) in [6.07, 6.45) is 4.78. The van der Waals surface area contributed by atoms with Crippen molar-refractivity contribution in [1.82, 2.24) is 20.2 Å². The molecule has 0 bridgehead atoms. The quantitative estimate of drug-likeness (QED) is 0.557. The van der Waals surface area contributed by atoms with Crippen molar-refractivity contribution in [1.29, 1.82) is 0 Å². The van der Waals surface area contributed by atoms with E-state index in [9.17, 15) is 4.79 Å². The summed E-state index contributed by atoms with van der Waals surface area (Å²) in [7, 11) is 0. The molecule has 2 heterocycles. The molecule has 0 aliphatic carbocycles. The third kappa shape index (κ3) is 6.03. The fraction of sp³-hybridized carbons (Fsp3) is 0.286. The number of carbonyl (C=O) groups excluding carboxylic acids is 1. The van der Waals surface area contributed by atoms with Crippen LogP contribution in [0.3, 0.4) is 0 Å². The lowest BCUT2D eigenvalue weighted by molar-refractivity contribution is 0.0945. The maximum Gasteiger partial charge on any atom is 0.273 e. The van der Waals surface area contributed by atoms with Crippen LogP contribution in [0.4, 0.5) is 0 Å². The van der Waals surface area contributed by atoms with Gasteiger partial charge in [0.25, 0.3) is 5.91 Å². The Morgan fingerprint density at radius 1 is 1.17 bits per heavy atom. The number of nitrogens with one attached hydrogen (secondary N) is 1. The van der Waals surface area contributed by atoms with Crippen molar-refractivity contribution in [2.45, 2.75) is 39.5 Å². The van der Waals surface area contributed by atoms with Crippen molar-refractivity contribution in [3.63, 3.8) is 0 Å². The molecule has 6 nitrogen and oxygen atoms in total. The molecule has 1 aromatic carbocycles. The molecular weight excluding hydrogens is 411 g/mol. The van der Waals surface area contributed by atoms with Crippen molar-refractivity contribution >= 4 is 29.1 Å². The van der Waals surface area contributed by atoms with E-state index in [0.29, 0.717) is 35.6 Å². The van der Waals surface area contributed by atoms with Gasteiger partial charge in [0.15, 0.2) is 5.69 Å². The highest BCUT2D eigenvalue weighted by Gasteiger charge is 2.17. The molecule has 2 aromatic heterocycles. The zero-order valence-electron chi connectivity index (χ0n) is 16.2. The molecule has 1 amide bonds. The van der Waals surface area contributed by atoms with Gasteiger partial charge in [0.2, 0.25) is 5.89 Å². The van der Waals surface area contributed by atoms with Crippen LogP contribution in [0.25, 0.3) is 0 Å². The second-order valence-corrected chi connectivity index (χ2v) is 7.73. The monoisotopic (exact) mass is 432 g/mol. The number of pyridine rings is 1. The van der Waals surface area contributed by atoms with E-state index in [1.807, 2.05) is 24.3 Å². The number of hydrogen-bond donors (Lipinski definition) is 1. The van der Waals surface area contributed by atoms with Gasteiger partial charge < -0.3 is 9.73 Å². The van der Waals surface area contributed by atoms with E-state index in [-0.39, 0.29) is 17.6 Å². The van der Waals surface area contributed by atoms with Gasteiger partial charge in [-0.2, -0.15) is 0 Å². The largest absolute Gasteiger partial charge is 0.447 e. The first-order valence-corrected chi connectivity index (χ1v) is 9.97. The van der Waals surface area contributed by atoms with E-state index in [1.54, 1.807) is 18.5 Å². The first kappa shape index (κ1) is 21.3.